The summed E-state index contributed by atoms with van der Waals surface area (Å²) in [5, 5.41) is 3.34. The molecule has 0 saturated carbocycles. The summed E-state index contributed by atoms with van der Waals surface area (Å²) in [5.74, 6) is 2.38. The van der Waals surface area contributed by atoms with Crippen LogP contribution in [0.25, 0.3) is 0 Å². The predicted molar refractivity (Wildman–Crippen MR) is 84.2 cm³/mol. The summed E-state index contributed by atoms with van der Waals surface area (Å²) in [6.45, 7) is 3.19. The van der Waals surface area contributed by atoms with Gasteiger partial charge in [0.1, 0.15) is 6.61 Å². The largest absolute Gasteiger partial charge is 0.486 e. The van der Waals surface area contributed by atoms with Crippen molar-refractivity contribution >= 4 is 5.91 Å². The summed E-state index contributed by atoms with van der Waals surface area (Å²) < 4.78 is 11.6. The highest BCUT2D eigenvalue weighted by atomic mass is 16.6. The number of nitrogens with one attached hydrogen (secondary N) is 1. The maximum atomic E-state index is 12.2. The summed E-state index contributed by atoms with van der Waals surface area (Å²) >= 11 is 0. The Morgan fingerprint density at radius 3 is 2.95 bits per heavy atom. The molecule has 1 saturated heterocycles. The Morgan fingerprint density at radius 2 is 2.18 bits per heavy atom. The number of nitrogens with zero attached hydrogens (tertiary/aromatic N) is 1. The number of hydrogen-bond donors (Lipinski definition) is 1. The lowest BCUT2D eigenvalue weighted by molar-refractivity contribution is -0.131. The molecule has 1 amide bonds. The SMILES string of the molecule is CN(CC1COc2ccccc2O1)C(=O)CCC1CCNC1. The molecular formula is C17H24N2O3. The molecule has 0 aliphatic carbocycles. The number of para-hydroxylation sites is 2. The van der Waals surface area contributed by atoms with Crippen molar-refractivity contribution in [2.75, 3.05) is 33.3 Å². The number of ether oxygens (including phenoxy) is 2. The summed E-state index contributed by atoms with van der Waals surface area (Å²) in [5.41, 5.74) is 0. The predicted octanol–water partition coefficient (Wildman–Crippen LogP) is 1.67. The van der Waals surface area contributed by atoms with E-state index in [1.807, 2.05) is 31.3 Å². The minimum Gasteiger partial charge on any atom is -0.486 e. The van der Waals surface area contributed by atoms with Crippen LogP contribution < -0.4 is 14.8 Å². The minimum atomic E-state index is -0.100. The van der Waals surface area contributed by atoms with E-state index in [2.05, 4.69) is 5.32 Å². The van der Waals surface area contributed by atoms with Gasteiger partial charge >= 0.3 is 0 Å². The zero-order valence-corrected chi connectivity index (χ0v) is 13.1. The van der Waals surface area contributed by atoms with Gasteiger partial charge in [-0.25, -0.2) is 0 Å². The first-order valence-electron chi connectivity index (χ1n) is 8.05. The van der Waals surface area contributed by atoms with Crippen LogP contribution in [0.1, 0.15) is 19.3 Å². The Balaban J connectivity index is 1.45. The molecule has 120 valence electrons. The van der Waals surface area contributed by atoms with Gasteiger partial charge in [-0.1, -0.05) is 12.1 Å². The molecule has 2 aliphatic heterocycles. The van der Waals surface area contributed by atoms with E-state index in [-0.39, 0.29) is 12.0 Å². The number of hydrogen-bond acceptors (Lipinski definition) is 4. The molecule has 0 bridgehead atoms. The molecule has 5 nitrogen and oxygen atoms in total. The molecule has 2 aliphatic rings. The fourth-order valence-corrected chi connectivity index (χ4v) is 3.04. The van der Waals surface area contributed by atoms with Crippen molar-refractivity contribution in [3.63, 3.8) is 0 Å². The van der Waals surface area contributed by atoms with Crippen molar-refractivity contribution in [2.24, 2.45) is 5.92 Å². The third kappa shape index (κ3) is 3.71. The van der Waals surface area contributed by atoms with Crippen molar-refractivity contribution in [1.82, 2.24) is 10.2 Å². The van der Waals surface area contributed by atoms with E-state index in [4.69, 9.17) is 9.47 Å². The van der Waals surface area contributed by atoms with Crippen molar-refractivity contribution < 1.29 is 14.3 Å². The van der Waals surface area contributed by atoms with Gasteiger partial charge in [-0.05, 0) is 44.0 Å². The van der Waals surface area contributed by atoms with E-state index in [9.17, 15) is 4.79 Å². The van der Waals surface area contributed by atoms with Crippen molar-refractivity contribution in [1.29, 1.82) is 0 Å². The van der Waals surface area contributed by atoms with Crippen LogP contribution in [0.2, 0.25) is 0 Å². The van der Waals surface area contributed by atoms with Crippen molar-refractivity contribution in [3.8, 4) is 11.5 Å². The fourth-order valence-electron chi connectivity index (χ4n) is 3.04. The lowest BCUT2D eigenvalue weighted by atomic mass is 10.0. The molecule has 1 aromatic carbocycles. The minimum absolute atomic E-state index is 0.100. The summed E-state index contributed by atoms with van der Waals surface area (Å²) in [6, 6.07) is 7.65. The van der Waals surface area contributed by atoms with Gasteiger partial charge in [0, 0.05) is 13.5 Å². The van der Waals surface area contributed by atoms with Gasteiger partial charge in [0.05, 0.1) is 6.54 Å². The Labute approximate surface area is 131 Å². The Kier molecular flexibility index (Phi) is 4.83. The van der Waals surface area contributed by atoms with Crippen molar-refractivity contribution in [2.45, 2.75) is 25.4 Å². The van der Waals surface area contributed by atoms with Crippen LogP contribution in [0.5, 0.6) is 11.5 Å². The molecule has 1 fully saturated rings. The highest BCUT2D eigenvalue weighted by Gasteiger charge is 2.24. The molecular weight excluding hydrogens is 280 g/mol. The maximum Gasteiger partial charge on any atom is 0.222 e. The molecule has 1 N–H and O–H groups in total. The van der Waals surface area contributed by atoms with Gasteiger partial charge in [-0.15, -0.1) is 0 Å². The second-order valence-corrected chi connectivity index (χ2v) is 6.17. The van der Waals surface area contributed by atoms with Gasteiger partial charge in [0.15, 0.2) is 17.6 Å². The zero-order valence-electron chi connectivity index (χ0n) is 13.1. The number of likely N-dealkylation sites (N-methyl/N-ethyl adjacent to an activating group) is 1. The number of amides is 1. The third-order valence-electron chi connectivity index (χ3n) is 4.40. The quantitative estimate of drug-likeness (QED) is 0.899. The highest BCUT2D eigenvalue weighted by molar-refractivity contribution is 5.75. The maximum absolute atomic E-state index is 12.2. The van der Waals surface area contributed by atoms with Crippen LogP contribution in [0.15, 0.2) is 24.3 Å². The van der Waals surface area contributed by atoms with Crippen LogP contribution in [0.4, 0.5) is 0 Å². The molecule has 0 aromatic heterocycles. The standard InChI is InChI=1S/C17H24N2O3/c1-19(17(20)7-6-13-8-9-18-10-13)11-14-12-21-15-4-2-3-5-16(15)22-14/h2-5,13-14,18H,6-12H2,1H3. The Morgan fingerprint density at radius 1 is 1.36 bits per heavy atom. The molecule has 5 heteroatoms. The van der Waals surface area contributed by atoms with Gasteiger partial charge < -0.3 is 19.7 Å². The van der Waals surface area contributed by atoms with E-state index in [1.54, 1.807) is 4.90 Å². The number of carbonyl (C=O) groups is 1. The van der Waals surface area contributed by atoms with E-state index in [0.717, 1.165) is 31.0 Å². The first-order valence-corrected chi connectivity index (χ1v) is 8.05. The van der Waals surface area contributed by atoms with Gasteiger partial charge in [0.2, 0.25) is 5.91 Å². The van der Waals surface area contributed by atoms with Crippen LogP contribution in [-0.4, -0.2) is 50.2 Å². The summed E-state index contributed by atoms with van der Waals surface area (Å²) in [7, 11) is 1.85. The highest BCUT2D eigenvalue weighted by Crippen LogP contribution is 2.31. The molecule has 1 aromatic rings. The smallest absolute Gasteiger partial charge is 0.222 e. The third-order valence-corrected chi connectivity index (χ3v) is 4.40. The van der Waals surface area contributed by atoms with Crippen LogP contribution in [0, 0.1) is 5.92 Å². The van der Waals surface area contributed by atoms with E-state index < -0.39 is 0 Å². The molecule has 22 heavy (non-hydrogen) atoms. The second-order valence-electron chi connectivity index (χ2n) is 6.17. The molecule has 2 atom stereocenters. The van der Waals surface area contributed by atoms with Crippen LogP contribution in [0.3, 0.4) is 0 Å². The average Bonchev–Trinajstić information content (AvgIpc) is 3.06. The zero-order chi connectivity index (χ0) is 15.4. The van der Waals surface area contributed by atoms with Gasteiger partial charge in [-0.2, -0.15) is 0 Å². The van der Waals surface area contributed by atoms with Crippen molar-refractivity contribution in [3.05, 3.63) is 24.3 Å². The monoisotopic (exact) mass is 304 g/mol. The molecule has 2 heterocycles. The number of benzene rings is 1. The first-order chi connectivity index (χ1) is 10.7. The topological polar surface area (TPSA) is 50.8 Å². The normalized spacial score (nSPS) is 23.3. The van der Waals surface area contributed by atoms with Crippen LogP contribution in [-0.2, 0) is 4.79 Å². The summed E-state index contributed by atoms with van der Waals surface area (Å²) in [4.78, 5) is 14.0. The Bertz CT molecular complexity index is 514. The lowest BCUT2D eigenvalue weighted by Crippen LogP contribution is -2.41. The van der Waals surface area contributed by atoms with E-state index in [0.29, 0.717) is 25.5 Å². The fraction of sp³-hybridized carbons (Fsp3) is 0.588. The van der Waals surface area contributed by atoms with Crippen LogP contribution >= 0.6 is 0 Å². The van der Waals surface area contributed by atoms with E-state index in [1.165, 1.54) is 6.42 Å². The van der Waals surface area contributed by atoms with Gasteiger partial charge in [0.25, 0.3) is 0 Å². The summed E-state index contributed by atoms with van der Waals surface area (Å²) in [6.07, 6.45) is 2.68. The van der Waals surface area contributed by atoms with Gasteiger partial charge in [-0.3, -0.25) is 4.79 Å². The van der Waals surface area contributed by atoms with E-state index >= 15 is 0 Å². The molecule has 3 rings (SSSR count). The lowest BCUT2D eigenvalue weighted by Gasteiger charge is -2.29. The first kappa shape index (κ1) is 15.2. The molecule has 2 unspecified atom stereocenters. The molecule has 0 radical (unpaired) electrons. The Hall–Kier alpha value is -1.75. The number of carbonyl (C=O) groups excluding carboxylic acids is 1. The second kappa shape index (κ2) is 7.01. The average molecular weight is 304 g/mol. The molecule has 0 spiro atoms. The number of fused-ring (bicyclic) bond motifs is 1. The number of rotatable bonds is 5.